The van der Waals surface area contributed by atoms with Crippen LogP contribution in [-0.4, -0.2) is 14.4 Å². The van der Waals surface area contributed by atoms with Crippen LogP contribution in [0.1, 0.15) is 19.3 Å². The van der Waals surface area contributed by atoms with Crippen molar-refractivity contribution in [3.05, 3.63) is 54.3 Å². The number of aldehydes is 1. The summed E-state index contributed by atoms with van der Waals surface area (Å²) in [7, 11) is -1.64. The van der Waals surface area contributed by atoms with Gasteiger partial charge in [0, 0.05) is 0 Å². The van der Waals surface area contributed by atoms with E-state index < -0.39 is 8.07 Å². The lowest BCUT2D eigenvalue weighted by Gasteiger charge is -2.19. The van der Waals surface area contributed by atoms with Gasteiger partial charge in [0.15, 0.2) is 0 Å². The van der Waals surface area contributed by atoms with Crippen LogP contribution < -0.4 is 5.19 Å². The monoisotopic (exact) mass is 258 g/mol. The van der Waals surface area contributed by atoms with Crippen LogP contribution in [0.4, 0.5) is 0 Å². The smallest absolute Gasteiger partial charge is 0.145 e. The lowest BCUT2D eigenvalue weighted by atomic mass is 10.1. The summed E-state index contributed by atoms with van der Waals surface area (Å²) < 4.78 is 0. The van der Waals surface area contributed by atoms with Crippen molar-refractivity contribution in [3.63, 3.8) is 0 Å². The molecule has 1 aromatic rings. The molecule has 0 saturated heterocycles. The Hall–Kier alpha value is -1.41. The second-order valence-electron chi connectivity index (χ2n) is 5.11. The van der Waals surface area contributed by atoms with Gasteiger partial charge >= 0.3 is 0 Å². The summed E-state index contributed by atoms with van der Waals surface area (Å²) in [5, 5.41) is 1.37. The third-order valence-corrected chi connectivity index (χ3v) is 6.00. The first-order valence-corrected chi connectivity index (χ1v) is 9.51. The molecule has 1 rings (SSSR count). The standard InChI is InChI=1S/C16H22OSi/c1-4-5-7-10-15(13-17)14-18(2,3)16-11-8-6-9-12-16/h4,6,8-9,11-14H,1,5,7,10H2,2-3H3/b15-14-. The lowest BCUT2D eigenvalue weighted by Crippen LogP contribution is -2.39. The highest BCUT2D eigenvalue weighted by atomic mass is 28.3. The van der Waals surface area contributed by atoms with Crippen molar-refractivity contribution in [2.75, 3.05) is 0 Å². The molecule has 0 unspecified atom stereocenters. The number of carbonyl (C=O) groups excluding carboxylic acids is 1. The highest BCUT2D eigenvalue weighted by molar-refractivity contribution is 6.94. The Morgan fingerprint density at radius 3 is 2.50 bits per heavy atom. The molecule has 0 spiro atoms. The number of rotatable bonds is 7. The average molecular weight is 258 g/mol. The van der Waals surface area contributed by atoms with Crippen molar-refractivity contribution < 1.29 is 4.79 Å². The topological polar surface area (TPSA) is 17.1 Å². The van der Waals surface area contributed by atoms with Gasteiger partial charge in [-0.25, -0.2) is 0 Å². The fraction of sp³-hybridized carbons (Fsp3) is 0.312. The molecule has 96 valence electrons. The summed E-state index contributed by atoms with van der Waals surface area (Å²) in [6.07, 6.45) is 5.76. The lowest BCUT2D eigenvalue weighted by molar-refractivity contribution is -0.105. The predicted octanol–water partition coefficient (Wildman–Crippen LogP) is 3.62. The quantitative estimate of drug-likeness (QED) is 0.240. The van der Waals surface area contributed by atoms with Crippen LogP contribution in [0.15, 0.2) is 54.3 Å². The molecule has 0 aliphatic carbocycles. The van der Waals surface area contributed by atoms with Gasteiger partial charge in [0.2, 0.25) is 0 Å². The summed E-state index contributed by atoms with van der Waals surface area (Å²) in [5.74, 6) is 0. The maximum atomic E-state index is 11.1. The van der Waals surface area contributed by atoms with Crippen LogP contribution in [0.3, 0.4) is 0 Å². The summed E-state index contributed by atoms with van der Waals surface area (Å²) in [5.41, 5.74) is 3.16. The Bertz CT molecular complexity index is 418. The predicted molar refractivity (Wildman–Crippen MR) is 81.8 cm³/mol. The van der Waals surface area contributed by atoms with Crippen LogP contribution in [0.2, 0.25) is 13.1 Å². The van der Waals surface area contributed by atoms with Gasteiger partial charge in [-0.3, -0.25) is 4.79 Å². The van der Waals surface area contributed by atoms with Crippen molar-refractivity contribution in [2.45, 2.75) is 32.4 Å². The van der Waals surface area contributed by atoms with E-state index in [0.29, 0.717) is 0 Å². The van der Waals surface area contributed by atoms with Crippen molar-refractivity contribution in [3.8, 4) is 0 Å². The second kappa shape index (κ2) is 7.12. The van der Waals surface area contributed by atoms with Crippen molar-refractivity contribution in [1.82, 2.24) is 0 Å². The van der Waals surface area contributed by atoms with Gasteiger partial charge in [-0.1, -0.05) is 60.4 Å². The Morgan fingerprint density at radius 2 is 1.94 bits per heavy atom. The van der Waals surface area contributed by atoms with Gasteiger partial charge in [-0.15, -0.1) is 6.58 Å². The first-order chi connectivity index (χ1) is 8.60. The molecule has 0 radical (unpaired) electrons. The average Bonchev–Trinajstić information content (AvgIpc) is 2.38. The minimum absolute atomic E-state index is 0.860. The first-order valence-electron chi connectivity index (χ1n) is 6.43. The fourth-order valence-corrected chi connectivity index (χ4v) is 4.39. The minimum atomic E-state index is -1.64. The van der Waals surface area contributed by atoms with E-state index in [2.05, 4.69) is 49.6 Å². The summed E-state index contributed by atoms with van der Waals surface area (Å²) >= 11 is 0. The zero-order chi connectivity index (χ0) is 13.4. The minimum Gasteiger partial charge on any atom is -0.298 e. The molecule has 2 heteroatoms. The first kappa shape index (κ1) is 14.6. The molecule has 0 atom stereocenters. The van der Waals surface area contributed by atoms with E-state index in [4.69, 9.17) is 0 Å². The number of hydrogen-bond donors (Lipinski definition) is 0. The van der Waals surface area contributed by atoms with Crippen LogP contribution >= 0.6 is 0 Å². The summed E-state index contributed by atoms with van der Waals surface area (Å²) in [6.45, 7) is 8.26. The maximum Gasteiger partial charge on any atom is 0.145 e. The number of carbonyl (C=O) groups is 1. The van der Waals surface area contributed by atoms with Crippen LogP contribution in [0.25, 0.3) is 0 Å². The molecule has 0 N–H and O–H groups in total. The number of unbranched alkanes of at least 4 members (excludes halogenated alkanes) is 1. The van der Waals surface area contributed by atoms with Crippen LogP contribution in [0, 0.1) is 0 Å². The van der Waals surface area contributed by atoms with E-state index in [1.165, 1.54) is 5.19 Å². The van der Waals surface area contributed by atoms with Crippen LogP contribution in [0.5, 0.6) is 0 Å². The highest BCUT2D eigenvalue weighted by Crippen LogP contribution is 2.12. The molecule has 0 bridgehead atoms. The van der Waals surface area contributed by atoms with E-state index in [0.717, 1.165) is 31.1 Å². The largest absolute Gasteiger partial charge is 0.298 e. The number of benzene rings is 1. The summed E-state index contributed by atoms with van der Waals surface area (Å²) in [4.78, 5) is 11.1. The van der Waals surface area contributed by atoms with Crippen molar-refractivity contribution in [2.24, 2.45) is 0 Å². The van der Waals surface area contributed by atoms with Gasteiger partial charge in [0.1, 0.15) is 14.4 Å². The molecule has 1 aromatic carbocycles. The zero-order valence-electron chi connectivity index (χ0n) is 11.4. The Balaban J connectivity index is 2.83. The fourth-order valence-electron chi connectivity index (χ4n) is 2.03. The zero-order valence-corrected chi connectivity index (χ0v) is 12.4. The third-order valence-electron chi connectivity index (χ3n) is 3.09. The molecule has 0 heterocycles. The molecular formula is C16H22OSi. The van der Waals surface area contributed by atoms with E-state index in [1.807, 2.05) is 12.1 Å². The Kier molecular flexibility index (Phi) is 5.79. The SMILES string of the molecule is C=CCCC/C(C=O)=C/[Si](C)(C)c1ccccc1. The molecule has 1 nitrogen and oxygen atoms in total. The van der Waals surface area contributed by atoms with E-state index in [-0.39, 0.29) is 0 Å². The van der Waals surface area contributed by atoms with E-state index in [9.17, 15) is 4.79 Å². The normalized spacial score (nSPS) is 12.2. The van der Waals surface area contributed by atoms with Gasteiger partial charge in [0.05, 0.1) is 0 Å². The van der Waals surface area contributed by atoms with Gasteiger partial charge < -0.3 is 0 Å². The molecule has 0 aliphatic heterocycles. The van der Waals surface area contributed by atoms with Gasteiger partial charge in [0.25, 0.3) is 0 Å². The maximum absolute atomic E-state index is 11.1. The number of allylic oxidation sites excluding steroid dienone is 2. The molecule has 0 aromatic heterocycles. The molecular weight excluding hydrogens is 236 g/mol. The van der Waals surface area contributed by atoms with Crippen molar-refractivity contribution >= 4 is 19.5 Å². The highest BCUT2D eigenvalue weighted by Gasteiger charge is 2.20. The molecule has 0 fully saturated rings. The van der Waals surface area contributed by atoms with E-state index in [1.54, 1.807) is 0 Å². The van der Waals surface area contributed by atoms with E-state index >= 15 is 0 Å². The van der Waals surface area contributed by atoms with Crippen molar-refractivity contribution in [1.29, 1.82) is 0 Å². The molecule has 0 aliphatic rings. The molecule has 0 amide bonds. The number of hydrogen-bond acceptors (Lipinski definition) is 1. The Labute approximate surface area is 111 Å². The molecule has 0 saturated carbocycles. The second-order valence-corrected chi connectivity index (χ2v) is 9.42. The van der Waals surface area contributed by atoms with Crippen LogP contribution in [-0.2, 0) is 4.79 Å². The summed E-state index contributed by atoms with van der Waals surface area (Å²) in [6, 6.07) is 10.5. The Morgan fingerprint density at radius 1 is 1.28 bits per heavy atom. The third kappa shape index (κ3) is 4.45. The molecule has 18 heavy (non-hydrogen) atoms. The van der Waals surface area contributed by atoms with Gasteiger partial charge in [-0.2, -0.15) is 0 Å². The van der Waals surface area contributed by atoms with Gasteiger partial charge in [-0.05, 0) is 24.8 Å².